The van der Waals surface area contributed by atoms with Gasteiger partial charge in [0, 0.05) is 17.1 Å². The van der Waals surface area contributed by atoms with E-state index in [0.29, 0.717) is 5.69 Å². The molecule has 0 heterocycles. The lowest BCUT2D eigenvalue weighted by Crippen LogP contribution is -2.31. The van der Waals surface area contributed by atoms with E-state index >= 15 is 0 Å². The summed E-state index contributed by atoms with van der Waals surface area (Å²) in [5, 5.41) is 0. The van der Waals surface area contributed by atoms with Crippen LogP contribution in [0.4, 0.5) is 5.69 Å². The van der Waals surface area contributed by atoms with Gasteiger partial charge in [0.05, 0.1) is 6.26 Å². The van der Waals surface area contributed by atoms with Gasteiger partial charge < -0.3 is 5.73 Å². The lowest BCUT2D eigenvalue weighted by molar-refractivity contribution is 0.557. The second-order valence-electron chi connectivity index (χ2n) is 4.90. The molecule has 2 rings (SSSR count). The maximum atomic E-state index is 11.1. The number of benzene rings is 1. The average Bonchev–Trinajstić information content (AvgIpc) is 2.97. The van der Waals surface area contributed by atoms with Crippen molar-refractivity contribution in [1.29, 1.82) is 0 Å². The molecule has 1 aromatic carbocycles. The Morgan fingerprint density at radius 2 is 1.82 bits per heavy atom. The van der Waals surface area contributed by atoms with Gasteiger partial charge >= 0.3 is 0 Å². The van der Waals surface area contributed by atoms with Gasteiger partial charge in [-0.05, 0) is 37.5 Å². The smallest absolute Gasteiger partial charge is 0.229 e. The van der Waals surface area contributed by atoms with Gasteiger partial charge in [0.25, 0.3) is 0 Å². The molecule has 3 N–H and O–H groups in total. The molecule has 17 heavy (non-hydrogen) atoms. The van der Waals surface area contributed by atoms with E-state index in [1.165, 1.54) is 5.56 Å². The Balaban J connectivity index is 2.20. The van der Waals surface area contributed by atoms with E-state index < -0.39 is 10.0 Å². The van der Waals surface area contributed by atoms with Crippen LogP contribution >= 0.6 is 0 Å². The summed E-state index contributed by atoms with van der Waals surface area (Å²) in [4.78, 5) is 0. The lowest BCUT2D eigenvalue weighted by Gasteiger charge is -2.20. The summed E-state index contributed by atoms with van der Waals surface area (Å²) in [6, 6.07) is 7.64. The molecule has 1 fully saturated rings. The van der Waals surface area contributed by atoms with E-state index in [1.54, 1.807) is 12.1 Å². The van der Waals surface area contributed by atoms with Crippen molar-refractivity contribution in [3.8, 4) is 0 Å². The van der Waals surface area contributed by atoms with Crippen molar-refractivity contribution in [2.24, 2.45) is 5.73 Å². The molecule has 94 valence electrons. The van der Waals surface area contributed by atoms with Gasteiger partial charge in [0.2, 0.25) is 10.0 Å². The van der Waals surface area contributed by atoms with Gasteiger partial charge in [0.1, 0.15) is 0 Å². The van der Waals surface area contributed by atoms with Crippen molar-refractivity contribution in [1.82, 2.24) is 0 Å². The van der Waals surface area contributed by atoms with Crippen LogP contribution in [0.15, 0.2) is 24.3 Å². The van der Waals surface area contributed by atoms with E-state index in [1.807, 2.05) is 19.1 Å². The average molecular weight is 254 g/mol. The topological polar surface area (TPSA) is 72.2 Å². The first-order valence-corrected chi connectivity index (χ1v) is 7.56. The molecule has 0 amide bonds. The summed E-state index contributed by atoms with van der Waals surface area (Å²) in [7, 11) is -3.20. The van der Waals surface area contributed by atoms with Crippen molar-refractivity contribution < 1.29 is 8.42 Å². The summed E-state index contributed by atoms with van der Waals surface area (Å²) in [5.41, 5.74) is 7.90. The highest BCUT2D eigenvalue weighted by Gasteiger charge is 2.47. The third kappa shape index (κ3) is 2.61. The second-order valence-corrected chi connectivity index (χ2v) is 6.64. The molecule has 4 nitrogen and oxygen atoms in total. The molecule has 1 atom stereocenters. The lowest BCUT2D eigenvalue weighted by atomic mass is 9.89. The fourth-order valence-corrected chi connectivity index (χ4v) is 2.79. The Labute approximate surface area is 102 Å². The van der Waals surface area contributed by atoms with E-state index in [2.05, 4.69) is 4.72 Å². The SMILES string of the molecule is CC(N)C1(c2ccc(NS(C)(=O)=O)cc2)CC1. The van der Waals surface area contributed by atoms with Crippen LogP contribution in [-0.2, 0) is 15.4 Å². The fraction of sp³-hybridized carbons (Fsp3) is 0.500. The molecule has 5 heteroatoms. The third-order valence-corrected chi connectivity index (χ3v) is 4.03. The molecule has 0 bridgehead atoms. The highest BCUT2D eigenvalue weighted by atomic mass is 32.2. The minimum absolute atomic E-state index is 0.115. The van der Waals surface area contributed by atoms with Crippen LogP contribution in [0.1, 0.15) is 25.3 Å². The maximum absolute atomic E-state index is 11.1. The second kappa shape index (κ2) is 3.99. The Bertz CT molecular complexity index is 502. The predicted octanol–water partition coefficient (Wildman–Crippen LogP) is 1.44. The molecule has 0 aliphatic heterocycles. The molecule has 0 saturated heterocycles. The normalized spacial score (nSPS) is 19.7. The molecule has 0 spiro atoms. The van der Waals surface area contributed by atoms with Crippen molar-refractivity contribution in [3.63, 3.8) is 0 Å². The zero-order valence-electron chi connectivity index (χ0n) is 10.1. The predicted molar refractivity (Wildman–Crippen MR) is 69.5 cm³/mol. The van der Waals surface area contributed by atoms with Crippen LogP contribution in [-0.4, -0.2) is 20.7 Å². The molecule has 1 aliphatic rings. The van der Waals surface area contributed by atoms with Crippen LogP contribution in [0.2, 0.25) is 0 Å². The summed E-state index contributed by atoms with van der Waals surface area (Å²) in [6.45, 7) is 2.02. The highest BCUT2D eigenvalue weighted by Crippen LogP contribution is 2.50. The van der Waals surface area contributed by atoms with E-state index in [0.717, 1.165) is 19.1 Å². The third-order valence-electron chi connectivity index (χ3n) is 3.42. The highest BCUT2D eigenvalue weighted by molar-refractivity contribution is 7.92. The standard InChI is InChI=1S/C12H18N2O2S/c1-9(13)12(7-8-12)10-3-5-11(6-4-10)14-17(2,15)16/h3-6,9,14H,7-8,13H2,1-2H3. The van der Waals surface area contributed by atoms with Crippen molar-refractivity contribution in [3.05, 3.63) is 29.8 Å². The number of hydrogen-bond donors (Lipinski definition) is 2. The van der Waals surface area contributed by atoms with Gasteiger partial charge in [0.15, 0.2) is 0 Å². The first kappa shape index (κ1) is 12.4. The Morgan fingerprint density at radius 1 is 1.29 bits per heavy atom. The Morgan fingerprint density at radius 3 is 2.18 bits per heavy atom. The summed E-state index contributed by atoms with van der Waals surface area (Å²) >= 11 is 0. The molecule has 0 aromatic heterocycles. The monoisotopic (exact) mass is 254 g/mol. The number of nitrogens with one attached hydrogen (secondary N) is 1. The number of anilines is 1. The van der Waals surface area contributed by atoms with Crippen LogP contribution in [0.3, 0.4) is 0 Å². The van der Waals surface area contributed by atoms with E-state index in [9.17, 15) is 8.42 Å². The van der Waals surface area contributed by atoms with Crippen molar-refractivity contribution in [2.45, 2.75) is 31.2 Å². The summed E-state index contributed by atoms with van der Waals surface area (Å²) < 4.78 is 24.6. The first-order chi connectivity index (χ1) is 7.83. The molecular formula is C12H18N2O2S. The minimum atomic E-state index is -3.20. The van der Waals surface area contributed by atoms with Crippen LogP contribution in [0.5, 0.6) is 0 Å². The van der Waals surface area contributed by atoms with E-state index in [4.69, 9.17) is 5.73 Å². The van der Waals surface area contributed by atoms with Crippen molar-refractivity contribution >= 4 is 15.7 Å². The zero-order valence-corrected chi connectivity index (χ0v) is 10.9. The molecule has 1 aromatic rings. The van der Waals surface area contributed by atoms with Crippen molar-refractivity contribution in [2.75, 3.05) is 11.0 Å². The Kier molecular flexibility index (Phi) is 2.91. The van der Waals surface area contributed by atoms with Gasteiger partial charge in [-0.15, -0.1) is 0 Å². The number of nitrogens with two attached hydrogens (primary N) is 1. The molecule has 1 aliphatic carbocycles. The summed E-state index contributed by atoms with van der Waals surface area (Å²) in [5.74, 6) is 0. The van der Waals surface area contributed by atoms with Gasteiger partial charge in [-0.25, -0.2) is 8.42 Å². The minimum Gasteiger partial charge on any atom is -0.327 e. The molecule has 1 unspecified atom stereocenters. The van der Waals surface area contributed by atoms with Gasteiger partial charge in [-0.2, -0.15) is 0 Å². The number of rotatable bonds is 4. The van der Waals surface area contributed by atoms with Gasteiger partial charge in [-0.3, -0.25) is 4.72 Å². The number of hydrogen-bond acceptors (Lipinski definition) is 3. The van der Waals surface area contributed by atoms with Crippen LogP contribution in [0, 0.1) is 0 Å². The van der Waals surface area contributed by atoms with Gasteiger partial charge in [-0.1, -0.05) is 12.1 Å². The molecule has 1 saturated carbocycles. The molecule has 0 radical (unpaired) electrons. The summed E-state index contributed by atoms with van der Waals surface area (Å²) in [6.07, 6.45) is 3.37. The van der Waals surface area contributed by atoms with E-state index in [-0.39, 0.29) is 11.5 Å². The molecular weight excluding hydrogens is 236 g/mol. The fourth-order valence-electron chi connectivity index (χ4n) is 2.23. The van der Waals surface area contributed by atoms with Crippen LogP contribution < -0.4 is 10.5 Å². The maximum Gasteiger partial charge on any atom is 0.229 e. The Hall–Kier alpha value is -1.07. The quantitative estimate of drug-likeness (QED) is 0.854. The zero-order chi connectivity index (χ0) is 12.7. The van der Waals surface area contributed by atoms with Crippen LogP contribution in [0.25, 0.3) is 0 Å². The first-order valence-electron chi connectivity index (χ1n) is 5.67. The number of sulfonamides is 1. The largest absolute Gasteiger partial charge is 0.327 e.